The van der Waals surface area contributed by atoms with Crippen LogP contribution in [-0.2, 0) is 25.7 Å². The molecule has 4 aromatic rings. The van der Waals surface area contributed by atoms with Crippen molar-refractivity contribution in [2.45, 2.75) is 102 Å². The van der Waals surface area contributed by atoms with Gasteiger partial charge in [0.15, 0.2) is 0 Å². The fourth-order valence-corrected chi connectivity index (χ4v) is 8.22. The van der Waals surface area contributed by atoms with Crippen molar-refractivity contribution in [3.8, 4) is 0 Å². The van der Waals surface area contributed by atoms with Gasteiger partial charge < -0.3 is 11.1 Å². The highest BCUT2D eigenvalue weighted by molar-refractivity contribution is 6.09. The fraction of sp³-hybridized carbons (Fsp3) is 0.421. The summed E-state index contributed by atoms with van der Waals surface area (Å²) in [6.07, 6.45) is 16.6. The molecule has 0 unspecified atom stereocenters. The number of nitrogens with one attached hydrogen (secondary N) is 2. The number of aliphatic imine (C=N–C) groups is 2. The quantitative estimate of drug-likeness (QED) is 0.130. The number of benzene rings is 4. The van der Waals surface area contributed by atoms with Crippen molar-refractivity contribution in [2.24, 2.45) is 15.7 Å². The first kappa shape index (κ1) is 27.5. The zero-order valence-corrected chi connectivity index (χ0v) is 25.7. The third-order valence-electron chi connectivity index (χ3n) is 10.4. The summed E-state index contributed by atoms with van der Waals surface area (Å²) < 4.78 is 0. The Kier molecular flexibility index (Phi) is 7.37. The van der Waals surface area contributed by atoms with Gasteiger partial charge in [-0.1, -0.05) is 87.1 Å². The van der Waals surface area contributed by atoms with Gasteiger partial charge in [0, 0.05) is 16.8 Å². The molecule has 0 radical (unpaired) electrons. The Bertz CT molecular complexity index is 1740. The molecule has 0 spiro atoms. The summed E-state index contributed by atoms with van der Waals surface area (Å²) in [5, 5.41) is 11.2. The van der Waals surface area contributed by atoms with E-state index in [0.717, 1.165) is 55.9 Å². The van der Waals surface area contributed by atoms with E-state index in [1.54, 1.807) is 0 Å². The third-order valence-corrected chi connectivity index (χ3v) is 10.4. The number of rotatable bonds is 4. The van der Waals surface area contributed by atoms with Crippen LogP contribution in [0.2, 0.25) is 0 Å². The zero-order valence-electron chi connectivity index (χ0n) is 25.7. The van der Waals surface area contributed by atoms with Crippen LogP contribution in [0.4, 0.5) is 11.4 Å². The van der Waals surface area contributed by atoms with Crippen molar-refractivity contribution in [2.75, 3.05) is 5.01 Å². The van der Waals surface area contributed by atoms with Crippen molar-refractivity contribution in [1.29, 1.82) is 0 Å². The molecule has 8 rings (SSSR count). The van der Waals surface area contributed by atoms with E-state index in [1.165, 1.54) is 95.2 Å². The minimum atomic E-state index is 0.311. The Hall–Kier alpha value is -4.06. The number of hydrazine groups is 1. The maximum absolute atomic E-state index is 6.86. The van der Waals surface area contributed by atoms with Crippen LogP contribution >= 0.6 is 0 Å². The lowest BCUT2D eigenvalue weighted by atomic mass is 9.95. The Morgan fingerprint density at radius 3 is 1.95 bits per heavy atom. The molecule has 0 aromatic heterocycles. The van der Waals surface area contributed by atoms with Gasteiger partial charge in [-0.15, -0.1) is 0 Å². The highest BCUT2D eigenvalue weighted by atomic mass is 15.6. The smallest absolute Gasteiger partial charge is 0.218 e. The summed E-state index contributed by atoms with van der Waals surface area (Å²) in [5.41, 5.74) is 18.1. The average molecular weight is 585 g/mol. The molecule has 0 amide bonds. The molecule has 2 fully saturated rings. The van der Waals surface area contributed by atoms with Crippen molar-refractivity contribution < 1.29 is 0 Å². The van der Waals surface area contributed by atoms with Crippen LogP contribution in [0.15, 0.2) is 70.6 Å². The molecule has 6 nitrogen and oxygen atoms in total. The topological polar surface area (TPSA) is 78.0 Å². The van der Waals surface area contributed by atoms with Gasteiger partial charge in [-0.2, -0.15) is 0 Å². The second kappa shape index (κ2) is 11.8. The molecule has 4 aromatic carbocycles. The first-order valence-corrected chi connectivity index (χ1v) is 17.0. The predicted octanol–water partition coefficient (Wildman–Crippen LogP) is 7.76. The molecule has 0 heterocycles. The first-order valence-electron chi connectivity index (χ1n) is 17.0. The van der Waals surface area contributed by atoms with E-state index in [2.05, 4.69) is 76.4 Å². The van der Waals surface area contributed by atoms with Gasteiger partial charge in [-0.25, -0.2) is 15.0 Å². The molecule has 2 saturated carbocycles. The minimum absolute atomic E-state index is 0.311. The number of nitrogens with two attached hydrogens (primary N) is 1. The Balaban J connectivity index is 1.23. The van der Waals surface area contributed by atoms with Gasteiger partial charge in [0.1, 0.15) is 0 Å². The molecule has 6 heteroatoms. The van der Waals surface area contributed by atoms with Crippen molar-refractivity contribution >= 4 is 44.8 Å². The summed E-state index contributed by atoms with van der Waals surface area (Å²) in [6, 6.07) is 22.9. The van der Waals surface area contributed by atoms with Crippen LogP contribution in [0.25, 0.3) is 21.5 Å². The van der Waals surface area contributed by atoms with Crippen LogP contribution in [0.5, 0.6) is 0 Å². The SMILES string of the molecule is NC(=Nc1ccc2c3c(cccc13)CC2)NN(C(=NC1CCCCC1)NC1CCCCC1)c1ccc2c3c(cccc13)CC2. The maximum atomic E-state index is 6.86. The van der Waals surface area contributed by atoms with Crippen LogP contribution < -0.4 is 21.5 Å². The van der Waals surface area contributed by atoms with E-state index >= 15 is 0 Å². The van der Waals surface area contributed by atoms with E-state index in [-0.39, 0.29) is 0 Å². The summed E-state index contributed by atoms with van der Waals surface area (Å²) in [6.45, 7) is 0. The molecule has 4 aliphatic carbocycles. The van der Waals surface area contributed by atoms with Crippen LogP contribution in [0, 0.1) is 0 Å². The second-order valence-corrected chi connectivity index (χ2v) is 13.3. The molecule has 226 valence electrons. The van der Waals surface area contributed by atoms with Crippen LogP contribution in [0.3, 0.4) is 0 Å². The van der Waals surface area contributed by atoms with E-state index in [1.807, 2.05) is 0 Å². The van der Waals surface area contributed by atoms with Gasteiger partial charge >= 0.3 is 0 Å². The van der Waals surface area contributed by atoms with Crippen LogP contribution in [-0.4, -0.2) is 24.0 Å². The standard InChI is InChI=1S/C38H44N6/c39-37(42-33-23-21-27-19-17-25-9-7-15-31(33)35(25)27)43-44(34-24-22-28-20-18-26-10-8-16-32(34)36(26)28)38(40-29-11-3-1-4-12-29)41-30-13-5-2-6-14-30/h7-10,15-16,21-24,29-30H,1-6,11-14,17-20H2,(H,40,41)(H3,39,42,43). The second-order valence-electron chi connectivity index (χ2n) is 13.3. The molecule has 0 aliphatic heterocycles. The Labute approximate surface area is 260 Å². The first-order chi connectivity index (χ1) is 21.7. The lowest BCUT2D eigenvalue weighted by molar-refractivity contribution is 0.406. The molecule has 44 heavy (non-hydrogen) atoms. The summed E-state index contributed by atoms with van der Waals surface area (Å²) >= 11 is 0. The van der Waals surface area contributed by atoms with E-state index in [9.17, 15) is 0 Å². The highest BCUT2D eigenvalue weighted by Crippen LogP contribution is 2.38. The van der Waals surface area contributed by atoms with Gasteiger partial charge in [0.2, 0.25) is 11.9 Å². The third kappa shape index (κ3) is 5.18. The summed E-state index contributed by atoms with van der Waals surface area (Å²) in [5.74, 6) is 1.25. The van der Waals surface area contributed by atoms with Crippen molar-refractivity contribution in [3.05, 3.63) is 82.9 Å². The maximum Gasteiger partial charge on any atom is 0.218 e. The van der Waals surface area contributed by atoms with E-state index in [0.29, 0.717) is 18.0 Å². The largest absolute Gasteiger partial charge is 0.368 e. The normalized spacial score (nSPS) is 19.2. The minimum Gasteiger partial charge on any atom is -0.368 e. The Morgan fingerprint density at radius 1 is 0.659 bits per heavy atom. The predicted molar refractivity (Wildman–Crippen MR) is 184 cm³/mol. The van der Waals surface area contributed by atoms with Gasteiger partial charge in [-0.05, 0) is 96.5 Å². The fourth-order valence-electron chi connectivity index (χ4n) is 8.22. The number of hydrogen-bond donors (Lipinski definition) is 3. The van der Waals surface area contributed by atoms with Gasteiger partial charge in [-0.3, -0.25) is 5.43 Å². The number of aryl methyl sites for hydroxylation is 4. The van der Waals surface area contributed by atoms with E-state index in [4.69, 9.17) is 15.7 Å². The van der Waals surface area contributed by atoms with Gasteiger partial charge in [0.05, 0.1) is 17.4 Å². The summed E-state index contributed by atoms with van der Waals surface area (Å²) in [7, 11) is 0. The molecular formula is C38H44N6. The monoisotopic (exact) mass is 584 g/mol. The number of guanidine groups is 2. The molecule has 0 bridgehead atoms. The lowest BCUT2D eigenvalue weighted by Gasteiger charge is -2.34. The molecule has 4 N–H and O–H groups in total. The van der Waals surface area contributed by atoms with E-state index < -0.39 is 0 Å². The average Bonchev–Trinajstić information content (AvgIpc) is 3.69. The molecule has 4 aliphatic rings. The number of hydrogen-bond acceptors (Lipinski definition) is 2. The summed E-state index contributed by atoms with van der Waals surface area (Å²) in [4.78, 5) is 10.5. The molecule has 0 atom stereocenters. The molecule has 0 saturated heterocycles. The van der Waals surface area contributed by atoms with Crippen LogP contribution in [0.1, 0.15) is 86.5 Å². The number of nitrogens with zero attached hydrogens (tertiary/aromatic N) is 3. The van der Waals surface area contributed by atoms with Gasteiger partial charge in [0.25, 0.3) is 0 Å². The number of anilines is 1. The lowest BCUT2D eigenvalue weighted by Crippen LogP contribution is -2.56. The van der Waals surface area contributed by atoms with Crippen molar-refractivity contribution in [3.63, 3.8) is 0 Å². The van der Waals surface area contributed by atoms with Crippen molar-refractivity contribution in [1.82, 2.24) is 10.7 Å². The molecular weight excluding hydrogens is 540 g/mol. The highest BCUT2D eigenvalue weighted by Gasteiger charge is 2.26. The Morgan fingerprint density at radius 2 is 1.25 bits per heavy atom. The zero-order chi connectivity index (χ0) is 29.5.